The average molecular weight is 256 g/mol. The van der Waals surface area contributed by atoms with Gasteiger partial charge in [0.2, 0.25) is 0 Å². The number of anilines is 1. The Morgan fingerprint density at radius 2 is 2.05 bits per heavy atom. The number of hydrogen-bond donors (Lipinski definition) is 1. The van der Waals surface area contributed by atoms with Crippen molar-refractivity contribution in [2.75, 3.05) is 25.1 Å². The van der Waals surface area contributed by atoms with E-state index < -0.39 is 0 Å². The van der Waals surface area contributed by atoms with Gasteiger partial charge in [0.05, 0.1) is 12.8 Å². The molecule has 0 saturated carbocycles. The van der Waals surface area contributed by atoms with Crippen LogP contribution in [-0.4, -0.2) is 26.2 Å². The zero-order valence-corrected chi connectivity index (χ0v) is 11.3. The van der Waals surface area contributed by atoms with Gasteiger partial charge in [0.15, 0.2) is 0 Å². The van der Waals surface area contributed by atoms with Gasteiger partial charge in [0, 0.05) is 24.5 Å². The Kier molecular flexibility index (Phi) is 3.30. The predicted molar refractivity (Wildman–Crippen MR) is 79.9 cm³/mol. The molecule has 1 saturated heterocycles. The van der Waals surface area contributed by atoms with Crippen molar-refractivity contribution in [1.29, 1.82) is 0 Å². The van der Waals surface area contributed by atoms with E-state index in [9.17, 15) is 0 Å². The van der Waals surface area contributed by atoms with Gasteiger partial charge in [-0.25, -0.2) is 0 Å². The van der Waals surface area contributed by atoms with Gasteiger partial charge >= 0.3 is 0 Å². The lowest BCUT2D eigenvalue weighted by Gasteiger charge is -2.34. The summed E-state index contributed by atoms with van der Waals surface area (Å²) in [5.41, 5.74) is 7.31. The van der Waals surface area contributed by atoms with E-state index in [1.54, 1.807) is 7.11 Å². The summed E-state index contributed by atoms with van der Waals surface area (Å²) < 4.78 is 5.56. The molecule has 2 N–H and O–H groups in total. The lowest BCUT2D eigenvalue weighted by Crippen LogP contribution is -2.43. The molecule has 1 unspecified atom stereocenters. The Balaban J connectivity index is 2.13. The Morgan fingerprint density at radius 3 is 2.84 bits per heavy atom. The van der Waals surface area contributed by atoms with Crippen molar-refractivity contribution >= 4 is 16.5 Å². The molecule has 1 aliphatic rings. The van der Waals surface area contributed by atoms with Gasteiger partial charge < -0.3 is 15.4 Å². The molecule has 100 valence electrons. The first-order valence-corrected chi connectivity index (χ1v) is 6.86. The summed E-state index contributed by atoms with van der Waals surface area (Å²) in [4.78, 5) is 2.37. The summed E-state index contributed by atoms with van der Waals surface area (Å²) in [7, 11) is 1.73. The van der Waals surface area contributed by atoms with E-state index in [4.69, 9.17) is 10.5 Å². The summed E-state index contributed by atoms with van der Waals surface area (Å²) >= 11 is 0. The SMILES string of the molecule is COc1ccc2ccccc2c1N1CCCC(N)C1. The zero-order valence-electron chi connectivity index (χ0n) is 11.3. The Morgan fingerprint density at radius 1 is 1.21 bits per heavy atom. The third kappa shape index (κ3) is 2.26. The van der Waals surface area contributed by atoms with E-state index in [1.165, 1.54) is 16.5 Å². The molecule has 1 heterocycles. The van der Waals surface area contributed by atoms with Crippen molar-refractivity contribution in [1.82, 2.24) is 0 Å². The Hall–Kier alpha value is -1.74. The van der Waals surface area contributed by atoms with Crippen molar-refractivity contribution < 1.29 is 4.74 Å². The average Bonchev–Trinajstić information content (AvgIpc) is 2.46. The molecule has 0 amide bonds. The topological polar surface area (TPSA) is 38.5 Å². The lowest BCUT2D eigenvalue weighted by atomic mass is 10.0. The summed E-state index contributed by atoms with van der Waals surface area (Å²) in [6.07, 6.45) is 2.26. The number of hydrogen-bond acceptors (Lipinski definition) is 3. The molecule has 19 heavy (non-hydrogen) atoms. The minimum absolute atomic E-state index is 0.262. The van der Waals surface area contributed by atoms with Gasteiger partial charge in [0.25, 0.3) is 0 Å². The van der Waals surface area contributed by atoms with E-state index in [0.29, 0.717) is 0 Å². The monoisotopic (exact) mass is 256 g/mol. The van der Waals surface area contributed by atoms with Crippen molar-refractivity contribution in [2.45, 2.75) is 18.9 Å². The molecule has 2 aromatic rings. The highest BCUT2D eigenvalue weighted by atomic mass is 16.5. The number of benzene rings is 2. The number of nitrogens with two attached hydrogens (primary N) is 1. The summed E-state index contributed by atoms with van der Waals surface area (Å²) in [5.74, 6) is 0.938. The van der Waals surface area contributed by atoms with Crippen LogP contribution in [0.15, 0.2) is 36.4 Å². The molecular weight excluding hydrogens is 236 g/mol. The maximum Gasteiger partial charge on any atom is 0.142 e. The highest BCUT2D eigenvalue weighted by Gasteiger charge is 2.21. The number of methoxy groups -OCH3 is 1. The minimum Gasteiger partial charge on any atom is -0.495 e. The highest BCUT2D eigenvalue weighted by molar-refractivity contribution is 5.97. The van der Waals surface area contributed by atoms with Crippen molar-refractivity contribution in [3.8, 4) is 5.75 Å². The molecule has 0 radical (unpaired) electrons. The van der Waals surface area contributed by atoms with Crippen LogP contribution in [-0.2, 0) is 0 Å². The molecule has 1 atom stereocenters. The number of fused-ring (bicyclic) bond motifs is 1. The summed E-state index contributed by atoms with van der Waals surface area (Å²) in [6.45, 7) is 1.96. The van der Waals surface area contributed by atoms with Crippen LogP contribution in [0.5, 0.6) is 5.75 Å². The van der Waals surface area contributed by atoms with E-state index in [-0.39, 0.29) is 6.04 Å². The molecule has 0 aliphatic carbocycles. The second-order valence-electron chi connectivity index (χ2n) is 5.19. The fourth-order valence-corrected chi connectivity index (χ4v) is 2.94. The van der Waals surface area contributed by atoms with Crippen LogP contribution in [0.4, 0.5) is 5.69 Å². The molecule has 0 spiro atoms. The van der Waals surface area contributed by atoms with Crippen LogP contribution in [0.1, 0.15) is 12.8 Å². The molecular formula is C16H20N2O. The van der Waals surface area contributed by atoms with E-state index in [1.807, 2.05) is 0 Å². The van der Waals surface area contributed by atoms with Crippen molar-refractivity contribution in [3.63, 3.8) is 0 Å². The summed E-state index contributed by atoms with van der Waals surface area (Å²) in [6, 6.07) is 12.9. The number of rotatable bonds is 2. The quantitative estimate of drug-likeness (QED) is 0.898. The third-order valence-corrected chi connectivity index (χ3v) is 3.86. The standard InChI is InChI=1S/C16H20N2O/c1-19-15-9-8-12-5-2-3-7-14(12)16(15)18-10-4-6-13(17)11-18/h2-3,5,7-9,13H,4,6,10-11,17H2,1H3. The highest BCUT2D eigenvalue weighted by Crippen LogP contribution is 2.37. The van der Waals surface area contributed by atoms with Crippen LogP contribution in [0, 0.1) is 0 Å². The first-order chi connectivity index (χ1) is 9.29. The van der Waals surface area contributed by atoms with Gasteiger partial charge in [-0.1, -0.05) is 30.3 Å². The first-order valence-electron chi connectivity index (χ1n) is 6.86. The molecule has 3 rings (SSSR count). The Labute approximate surface area is 114 Å². The van der Waals surface area contributed by atoms with Gasteiger partial charge in [-0.2, -0.15) is 0 Å². The zero-order chi connectivity index (χ0) is 13.2. The second-order valence-corrected chi connectivity index (χ2v) is 5.19. The van der Waals surface area contributed by atoms with Gasteiger partial charge in [0.1, 0.15) is 5.75 Å². The maximum atomic E-state index is 6.12. The fourth-order valence-electron chi connectivity index (χ4n) is 2.94. The smallest absolute Gasteiger partial charge is 0.142 e. The maximum absolute atomic E-state index is 6.12. The molecule has 0 aromatic heterocycles. The van der Waals surface area contributed by atoms with Crippen LogP contribution < -0.4 is 15.4 Å². The van der Waals surface area contributed by atoms with Crippen LogP contribution >= 0.6 is 0 Å². The van der Waals surface area contributed by atoms with Crippen LogP contribution in [0.2, 0.25) is 0 Å². The van der Waals surface area contributed by atoms with Gasteiger partial charge in [-0.05, 0) is 24.3 Å². The van der Waals surface area contributed by atoms with E-state index >= 15 is 0 Å². The summed E-state index contributed by atoms with van der Waals surface area (Å²) in [5, 5.41) is 2.49. The van der Waals surface area contributed by atoms with Crippen LogP contribution in [0.3, 0.4) is 0 Å². The molecule has 3 heteroatoms. The largest absolute Gasteiger partial charge is 0.495 e. The van der Waals surface area contributed by atoms with Gasteiger partial charge in [-0.15, -0.1) is 0 Å². The van der Waals surface area contributed by atoms with Crippen LogP contribution in [0.25, 0.3) is 10.8 Å². The number of piperidine rings is 1. The molecule has 0 bridgehead atoms. The lowest BCUT2D eigenvalue weighted by molar-refractivity contribution is 0.411. The third-order valence-electron chi connectivity index (χ3n) is 3.86. The van der Waals surface area contributed by atoms with E-state index in [0.717, 1.165) is 31.7 Å². The number of ether oxygens (including phenoxy) is 1. The molecule has 3 nitrogen and oxygen atoms in total. The normalized spacial score (nSPS) is 19.7. The fraction of sp³-hybridized carbons (Fsp3) is 0.375. The number of nitrogens with zero attached hydrogens (tertiary/aromatic N) is 1. The minimum atomic E-state index is 0.262. The molecule has 2 aromatic carbocycles. The molecule has 1 fully saturated rings. The van der Waals surface area contributed by atoms with Crippen molar-refractivity contribution in [3.05, 3.63) is 36.4 Å². The van der Waals surface area contributed by atoms with E-state index in [2.05, 4.69) is 41.3 Å². The second kappa shape index (κ2) is 5.10. The molecule has 1 aliphatic heterocycles. The van der Waals surface area contributed by atoms with Crippen molar-refractivity contribution in [2.24, 2.45) is 5.73 Å². The predicted octanol–water partition coefficient (Wildman–Crippen LogP) is 2.78. The van der Waals surface area contributed by atoms with Gasteiger partial charge in [-0.3, -0.25) is 0 Å². The Bertz CT molecular complexity index is 582. The first kappa shape index (κ1) is 12.3.